The second kappa shape index (κ2) is 11.8. The largest absolute Gasteiger partial charge is 0.507 e. The van der Waals surface area contributed by atoms with Gasteiger partial charge in [0.2, 0.25) is 0 Å². The first-order valence-corrected chi connectivity index (χ1v) is 12.8. The molecule has 1 saturated carbocycles. The first kappa shape index (κ1) is 24.7. The lowest BCUT2D eigenvalue weighted by atomic mass is 9.90. The SMILES string of the molecule is C/C(=C\CC/C(C)=C/CCC1CCc2c(C)c(O)c(C)c(C)c2O1)CCC=C1CCCC1. The average molecular weight is 437 g/mol. The Morgan fingerprint density at radius 1 is 0.875 bits per heavy atom. The van der Waals surface area contributed by atoms with Crippen LogP contribution in [0.25, 0.3) is 0 Å². The molecule has 2 aliphatic rings. The molecule has 0 saturated heterocycles. The van der Waals surface area contributed by atoms with Crippen LogP contribution in [0, 0.1) is 20.8 Å². The average Bonchev–Trinajstić information content (AvgIpc) is 3.29. The van der Waals surface area contributed by atoms with Gasteiger partial charge in [0.1, 0.15) is 11.5 Å². The Morgan fingerprint density at radius 3 is 2.25 bits per heavy atom. The van der Waals surface area contributed by atoms with Crippen LogP contribution in [-0.2, 0) is 6.42 Å². The van der Waals surface area contributed by atoms with Gasteiger partial charge in [-0.25, -0.2) is 0 Å². The van der Waals surface area contributed by atoms with Gasteiger partial charge in [-0.15, -0.1) is 0 Å². The van der Waals surface area contributed by atoms with Crippen LogP contribution in [0.15, 0.2) is 34.9 Å². The minimum Gasteiger partial charge on any atom is -0.507 e. The van der Waals surface area contributed by atoms with Crippen molar-refractivity contribution in [3.63, 3.8) is 0 Å². The molecular weight excluding hydrogens is 392 g/mol. The maximum absolute atomic E-state index is 10.3. The van der Waals surface area contributed by atoms with E-state index in [0.29, 0.717) is 5.75 Å². The minimum atomic E-state index is 0.282. The Balaban J connectivity index is 1.40. The van der Waals surface area contributed by atoms with Crippen molar-refractivity contribution in [3.05, 3.63) is 57.2 Å². The van der Waals surface area contributed by atoms with Gasteiger partial charge in [-0.05, 0) is 128 Å². The molecule has 1 unspecified atom stereocenters. The summed E-state index contributed by atoms with van der Waals surface area (Å²) >= 11 is 0. The Labute approximate surface area is 196 Å². The second-order valence-electron chi connectivity index (χ2n) is 10.1. The highest BCUT2D eigenvalue weighted by atomic mass is 16.5. The molecule has 1 aromatic rings. The molecular formula is C30H44O2. The molecule has 0 aromatic heterocycles. The third-order valence-electron chi connectivity index (χ3n) is 7.57. The summed E-state index contributed by atoms with van der Waals surface area (Å²) in [6.45, 7) is 10.6. The molecule has 1 fully saturated rings. The summed E-state index contributed by atoms with van der Waals surface area (Å²) in [5.41, 5.74) is 8.98. The Hall–Kier alpha value is -1.96. The van der Waals surface area contributed by atoms with E-state index < -0.39 is 0 Å². The van der Waals surface area contributed by atoms with Gasteiger partial charge in [-0.1, -0.05) is 34.9 Å². The molecule has 32 heavy (non-hydrogen) atoms. The van der Waals surface area contributed by atoms with Gasteiger partial charge in [0, 0.05) is 5.56 Å². The normalized spacial score (nSPS) is 19.2. The molecule has 176 valence electrons. The van der Waals surface area contributed by atoms with E-state index in [2.05, 4.69) is 39.0 Å². The van der Waals surface area contributed by atoms with Gasteiger partial charge >= 0.3 is 0 Å². The van der Waals surface area contributed by atoms with E-state index in [-0.39, 0.29) is 6.10 Å². The van der Waals surface area contributed by atoms with Crippen molar-refractivity contribution < 1.29 is 9.84 Å². The van der Waals surface area contributed by atoms with E-state index in [0.717, 1.165) is 61.0 Å². The number of hydrogen-bond acceptors (Lipinski definition) is 2. The summed E-state index contributed by atoms with van der Waals surface area (Å²) < 4.78 is 6.39. The first-order valence-electron chi connectivity index (χ1n) is 12.8. The van der Waals surface area contributed by atoms with Gasteiger partial charge in [0.25, 0.3) is 0 Å². The molecule has 0 radical (unpaired) electrons. The van der Waals surface area contributed by atoms with Crippen molar-refractivity contribution in [1.29, 1.82) is 0 Å². The zero-order valence-corrected chi connectivity index (χ0v) is 21.2. The van der Waals surface area contributed by atoms with Crippen LogP contribution in [0.4, 0.5) is 0 Å². The molecule has 1 aliphatic carbocycles. The lowest BCUT2D eigenvalue weighted by molar-refractivity contribution is 0.163. The van der Waals surface area contributed by atoms with Gasteiger partial charge in [-0.3, -0.25) is 0 Å². The van der Waals surface area contributed by atoms with Crippen molar-refractivity contribution in [2.75, 3.05) is 0 Å². The molecule has 1 aliphatic heterocycles. The van der Waals surface area contributed by atoms with Crippen LogP contribution in [0.1, 0.15) is 107 Å². The van der Waals surface area contributed by atoms with Gasteiger partial charge < -0.3 is 9.84 Å². The highest BCUT2D eigenvalue weighted by Gasteiger charge is 2.25. The molecule has 0 amide bonds. The zero-order valence-electron chi connectivity index (χ0n) is 21.2. The second-order valence-corrected chi connectivity index (χ2v) is 10.1. The fraction of sp³-hybridized carbons (Fsp3) is 0.600. The van der Waals surface area contributed by atoms with E-state index in [9.17, 15) is 5.11 Å². The zero-order chi connectivity index (χ0) is 23.1. The number of aromatic hydroxyl groups is 1. The Bertz CT molecular complexity index is 877. The van der Waals surface area contributed by atoms with Crippen molar-refractivity contribution >= 4 is 0 Å². The topological polar surface area (TPSA) is 29.5 Å². The minimum absolute atomic E-state index is 0.282. The van der Waals surface area contributed by atoms with Crippen LogP contribution >= 0.6 is 0 Å². The van der Waals surface area contributed by atoms with Gasteiger partial charge in [0.15, 0.2) is 0 Å². The number of phenols is 1. The summed E-state index contributed by atoms with van der Waals surface area (Å²) in [7, 11) is 0. The fourth-order valence-electron chi connectivity index (χ4n) is 5.17. The summed E-state index contributed by atoms with van der Waals surface area (Å²) in [5.74, 6) is 1.47. The van der Waals surface area contributed by atoms with Crippen LogP contribution in [0.5, 0.6) is 11.5 Å². The highest BCUT2D eigenvalue weighted by Crippen LogP contribution is 2.41. The third kappa shape index (κ3) is 6.53. The lowest BCUT2D eigenvalue weighted by Crippen LogP contribution is -2.24. The Morgan fingerprint density at radius 2 is 1.53 bits per heavy atom. The maximum Gasteiger partial charge on any atom is 0.126 e. The predicted molar refractivity (Wildman–Crippen MR) is 137 cm³/mol. The molecule has 2 nitrogen and oxygen atoms in total. The summed E-state index contributed by atoms with van der Waals surface area (Å²) in [6.07, 6.45) is 22.0. The molecule has 1 N–H and O–H groups in total. The monoisotopic (exact) mass is 436 g/mol. The van der Waals surface area contributed by atoms with E-state index in [1.807, 2.05) is 13.8 Å². The molecule has 1 atom stereocenters. The lowest BCUT2D eigenvalue weighted by Gasteiger charge is -2.30. The fourth-order valence-corrected chi connectivity index (χ4v) is 5.17. The number of allylic oxidation sites excluding steroid dienone is 6. The van der Waals surface area contributed by atoms with E-state index in [4.69, 9.17) is 4.74 Å². The maximum atomic E-state index is 10.3. The highest BCUT2D eigenvalue weighted by molar-refractivity contribution is 5.58. The van der Waals surface area contributed by atoms with Crippen molar-refractivity contribution in [2.24, 2.45) is 0 Å². The van der Waals surface area contributed by atoms with Crippen LogP contribution < -0.4 is 4.74 Å². The summed E-state index contributed by atoms with van der Waals surface area (Å²) in [6, 6.07) is 0. The molecule has 2 heteroatoms. The molecule has 1 heterocycles. The van der Waals surface area contributed by atoms with Crippen LogP contribution in [0.3, 0.4) is 0 Å². The number of ether oxygens (including phenoxy) is 1. The third-order valence-corrected chi connectivity index (χ3v) is 7.57. The van der Waals surface area contributed by atoms with E-state index in [1.54, 1.807) is 5.57 Å². The molecule has 3 rings (SSSR count). The van der Waals surface area contributed by atoms with E-state index in [1.165, 1.54) is 55.2 Å². The number of benzene rings is 1. The quantitative estimate of drug-likeness (QED) is 0.392. The van der Waals surface area contributed by atoms with E-state index >= 15 is 0 Å². The Kier molecular flexibility index (Phi) is 9.08. The summed E-state index contributed by atoms with van der Waals surface area (Å²) in [5, 5.41) is 10.3. The predicted octanol–water partition coefficient (Wildman–Crippen LogP) is 8.74. The summed E-state index contributed by atoms with van der Waals surface area (Å²) in [4.78, 5) is 0. The molecule has 1 aromatic carbocycles. The molecule has 0 bridgehead atoms. The van der Waals surface area contributed by atoms with Gasteiger partial charge in [-0.2, -0.15) is 0 Å². The van der Waals surface area contributed by atoms with Crippen molar-refractivity contribution in [2.45, 2.75) is 118 Å². The first-order chi connectivity index (χ1) is 15.4. The number of rotatable bonds is 9. The van der Waals surface area contributed by atoms with Crippen molar-refractivity contribution in [1.82, 2.24) is 0 Å². The number of hydrogen-bond donors (Lipinski definition) is 1. The smallest absolute Gasteiger partial charge is 0.126 e. The number of fused-ring (bicyclic) bond motifs is 1. The van der Waals surface area contributed by atoms with Crippen LogP contribution in [0.2, 0.25) is 0 Å². The van der Waals surface area contributed by atoms with Crippen LogP contribution in [-0.4, -0.2) is 11.2 Å². The van der Waals surface area contributed by atoms with Crippen molar-refractivity contribution in [3.8, 4) is 11.5 Å². The molecule has 0 spiro atoms. The number of phenolic OH excluding ortho intramolecular Hbond substituents is 1. The standard InChI is InChI=1S/C30H44O2/c1-21(13-9-17-26-15-6-7-16-26)11-8-12-22(2)14-10-18-27-19-20-28-25(5)29(31)23(3)24(4)30(28)32-27/h11,14,17,27,31H,6-10,12-13,15-16,18-20H2,1-5H3/b21-11+,22-14+. The van der Waals surface area contributed by atoms with Gasteiger partial charge in [0.05, 0.1) is 6.10 Å².